The van der Waals surface area contributed by atoms with Crippen molar-refractivity contribution in [3.8, 4) is 0 Å². The zero-order valence-electron chi connectivity index (χ0n) is 24.0. The Balaban J connectivity index is 1.48. The third-order valence-electron chi connectivity index (χ3n) is 8.26. The standard InChI is InChI=1S/C31H36F6N2O4/c1-19(22-14-23(30(32,33)34)16-24(15-22)31(35,36)37)43-27-12-13-39(17-26(27)20-6-4-3-5-7-20)29(41)21-8-10-25(11-9-21)38-28(40)18-42-2/h3-7,14-16,19,21,25-27H,8-13,17-18H2,1-2H3,(H,38,40). The molecular formula is C31H36F6N2O4. The molecule has 43 heavy (non-hydrogen) atoms. The minimum Gasteiger partial charge on any atom is -0.375 e. The number of piperidine rings is 1. The molecule has 4 rings (SSSR count). The summed E-state index contributed by atoms with van der Waals surface area (Å²) in [7, 11) is 1.45. The number of ether oxygens (including phenoxy) is 2. The van der Waals surface area contributed by atoms with Crippen molar-refractivity contribution in [3.63, 3.8) is 0 Å². The van der Waals surface area contributed by atoms with Crippen LogP contribution in [0.25, 0.3) is 0 Å². The summed E-state index contributed by atoms with van der Waals surface area (Å²) >= 11 is 0. The number of nitrogens with one attached hydrogen (secondary N) is 1. The number of rotatable bonds is 8. The number of halogens is 6. The van der Waals surface area contributed by atoms with Crippen LogP contribution in [-0.4, -0.2) is 55.7 Å². The van der Waals surface area contributed by atoms with Crippen molar-refractivity contribution in [2.45, 2.75) is 75.5 Å². The second-order valence-electron chi connectivity index (χ2n) is 11.3. The van der Waals surface area contributed by atoms with Crippen LogP contribution in [0.3, 0.4) is 0 Å². The zero-order valence-corrected chi connectivity index (χ0v) is 24.0. The molecule has 0 bridgehead atoms. The first kappa shape index (κ1) is 32.8. The highest BCUT2D eigenvalue weighted by molar-refractivity contribution is 5.79. The molecule has 1 saturated carbocycles. The van der Waals surface area contributed by atoms with Crippen LogP contribution in [0.1, 0.15) is 73.3 Å². The van der Waals surface area contributed by atoms with E-state index in [2.05, 4.69) is 5.32 Å². The van der Waals surface area contributed by atoms with Gasteiger partial charge in [-0.2, -0.15) is 26.3 Å². The molecule has 6 nitrogen and oxygen atoms in total. The smallest absolute Gasteiger partial charge is 0.375 e. The Kier molecular flexibility index (Phi) is 10.4. The summed E-state index contributed by atoms with van der Waals surface area (Å²) in [6, 6.07) is 10.7. The zero-order chi connectivity index (χ0) is 31.4. The first-order valence-electron chi connectivity index (χ1n) is 14.3. The fraction of sp³-hybridized carbons (Fsp3) is 0.548. The van der Waals surface area contributed by atoms with Gasteiger partial charge in [-0.05, 0) is 68.4 Å². The molecule has 12 heteroatoms. The summed E-state index contributed by atoms with van der Waals surface area (Å²) in [5.74, 6) is -0.728. The fourth-order valence-electron chi connectivity index (χ4n) is 6.01. The van der Waals surface area contributed by atoms with Crippen molar-refractivity contribution in [2.24, 2.45) is 5.92 Å². The number of hydrogen-bond acceptors (Lipinski definition) is 4. The number of carbonyl (C=O) groups is 2. The third-order valence-corrected chi connectivity index (χ3v) is 8.26. The van der Waals surface area contributed by atoms with Gasteiger partial charge in [0.15, 0.2) is 0 Å². The molecule has 2 fully saturated rings. The Morgan fingerprint density at radius 3 is 2.09 bits per heavy atom. The highest BCUT2D eigenvalue weighted by Gasteiger charge is 2.40. The summed E-state index contributed by atoms with van der Waals surface area (Å²) in [6.07, 6.45) is -8.57. The van der Waals surface area contributed by atoms with Crippen LogP contribution in [0.15, 0.2) is 48.5 Å². The highest BCUT2D eigenvalue weighted by atomic mass is 19.4. The van der Waals surface area contributed by atoms with E-state index in [0.717, 1.165) is 5.56 Å². The molecule has 3 unspecified atom stereocenters. The van der Waals surface area contributed by atoms with Crippen molar-refractivity contribution in [2.75, 3.05) is 26.8 Å². The van der Waals surface area contributed by atoms with Gasteiger partial charge in [0.25, 0.3) is 0 Å². The Hall–Kier alpha value is -3.12. The van der Waals surface area contributed by atoms with Gasteiger partial charge in [0.05, 0.1) is 23.3 Å². The van der Waals surface area contributed by atoms with E-state index in [1.54, 1.807) is 4.90 Å². The van der Waals surface area contributed by atoms with Crippen LogP contribution in [-0.2, 0) is 31.4 Å². The van der Waals surface area contributed by atoms with E-state index in [1.165, 1.54) is 14.0 Å². The Morgan fingerprint density at radius 2 is 1.53 bits per heavy atom. The van der Waals surface area contributed by atoms with Crippen molar-refractivity contribution in [1.82, 2.24) is 10.2 Å². The third kappa shape index (κ3) is 8.50. The number of benzene rings is 2. The molecule has 1 saturated heterocycles. The molecule has 1 aliphatic heterocycles. The van der Waals surface area contributed by atoms with Gasteiger partial charge in [0, 0.05) is 38.1 Å². The van der Waals surface area contributed by atoms with Crippen LogP contribution in [0.5, 0.6) is 0 Å². The number of alkyl halides is 6. The molecular weight excluding hydrogens is 578 g/mol. The monoisotopic (exact) mass is 614 g/mol. The van der Waals surface area contributed by atoms with Crippen molar-refractivity contribution in [1.29, 1.82) is 0 Å². The predicted molar refractivity (Wildman–Crippen MR) is 146 cm³/mol. The molecule has 2 aliphatic rings. The maximum atomic E-state index is 13.5. The first-order valence-corrected chi connectivity index (χ1v) is 14.3. The van der Waals surface area contributed by atoms with Gasteiger partial charge in [-0.15, -0.1) is 0 Å². The van der Waals surface area contributed by atoms with E-state index in [0.29, 0.717) is 57.3 Å². The summed E-state index contributed by atoms with van der Waals surface area (Å²) in [4.78, 5) is 27.2. The number of nitrogens with zero attached hydrogens (tertiary/aromatic N) is 1. The summed E-state index contributed by atoms with van der Waals surface area (Å²) in [6.45, 7) is 2.08. The molecule has 2 aromatic rings. The van der Waals surface area contributed by atoms with Crippen molar-refractivity contribution in [3.05, 3.63) is 70.8 Å². The molecule has 2 aromatic carbocycles. The molecule has 2 amide bonds. The minimum atomic E-state index is -4.96. The molecule has 236 valence electrons. The van der Waals surface area contributed by atoms with Gasteiger partial charge in [-0.3, -0.25) is 9.59 Å². The average Bonchev–Trinajstić information content (AvgIpc) is 2.97. The van der Waals surface area contributed by atoms with Crippen LogP contribution < -0.4 is 5.32 Å². The van der Waals surface area contributed by atoms with E-state index in [1.807, 2.05) is 30.3 Å². The predicted octanol–water partition coefficient (Wildman–Crippen LogP) is 6.51. The maximum Gasteiger partial charge on any atom is 0.416 e. The van der Waals surface area contributed by atoms with E-state index in [9.17, 15) is 35.9 Å². The van der Waals surface area contributed by atoms with Gasteiger partial charge in [-0.1, -0.05) is 30.3 Å². The number of carbonyl (C=O) groups excluding carboxylic acids is 2. The topological polar surface area (TPSA) is 67.9 Å². The van der Waals surface area contributed by atoms with Gasteiger partial charge < -0.3 is 19.7 Å². The van der Waals surface area contributed by atoms with Gasteiger partial charge >= 0.3 is 12.4 Å². The molecule has 0 spiro atoms. The molecule has 1 aliphatic carbocycles. The highest BCUT2D eigenvalue weighted by Crippen LogP contribution is 2.40. The van der Waals surface area contributed by atoms with E-state index < -0.39 is 35.7 Å². The van der Waals surface area contributed by atoms with Crippen LogP contribution >= 0.6 is 0 Å². The maximum absolute atomic E-state index is 13.5. The number of methoxy groups -OCH3 is 1. The van der Waals surface area contributed by atoms with Crippen LogP contribution in [0, 0.1) is 5.92 Å². The molecule has 3 atom stereocenters. The minimum absolute atomic E-state index is 0.00166. The van der Waals surface area contributed by atoms with Crippen molar-refractivity contribution >= 4 is 11.8 Å². The molecule has 0 aromatic heterocycles. The van der Waals surface area contributed by atoms with Gasteiger partial charge in [-0.25, -0.2) is 0 Å². The van der Waals surface area contributed by atoms with E-state index in [4.69, 9.17) is 9.47 Å². The normalized spacial score (nSPS) is 24.0. The van der Waals surface area contributed by atoms with E-state index >= 15 is 0 Å². The second kappa shape index (κ2) is 13.7. The molecule has 0 radical (unpaired) electrons. The lowest BCUT2D eigenvalue weighted by Gasteiger charge is -2.41. The number of amides is 2. The largest absolute Gasteiger partial charge is 0.416 e. The van der Waals surface area contributed by atoms with Crippen LogP contribution in [0.4, 0.5) is 26.3 Å². The molecule has 1 heterocycles. The van der Waals surface area contributed by atoms with E-state index in [-0.39, 0.29) is 47.9 Å². The second-order valence-corrected chi connectivity index (χ2v) is 11.3. The Labute approximate surface area is 246 Å². The Morgan fingerprint density at radius 1 is 0.930 bits per heavy atom. The lowest BCUT2D eigenvalue weighted by molar-refractivity contribution is -0.143. The van der Waals surface area contributed by atoms with Crippen LogP contribution in [0.2, 0.25) is 0 Å². The van der Waals surface area contributed by atoms with Gasteiger partial charge in [0.1, 0.15) is 6.61 Å². The summed E-state index contributed by atoms with van der Waals surface area (Å²) in [5.41, 5.74) is -2.13. The fourth-order valence-corrected chi connectivity index (χ4v) is 6.01. The van der Waals surface area contributed by atoms with Crippen molar-refractivity contribution < 1.29 is 45.4 Å². The number of likely N-dealkylation sites (tertiary alicyclic amines) is 1. The summed E-state index contributed by atoms with van der Waals surface area (Å²) in [5, 5.41) is 2.92. The number of hydrogen-bond donors (Lipinski definition) is 1. The lowest BCUT2D eigenvalue weighted by Crippen LogP contribution is -2.49. The Bertz CT molecular complexity index is 1210. The first-order chi connectivity index (χ1) is 20.3. The average molecular weight is 615 g/mol. The quantitative estimate of drug-likeness (QED) is 0.345. The SMILES string of the molecule is COCC(=O)NC1CCC(C(=O)N2CCC(OC(C)c3cc(C(F)(F)F)cc(C(F)(F)F)c3)C(c3ccccc3)C2)CC1. The van der Waals surface area contributed by atoms with Gasteiger partial charge in [0.2, 0.25) is 11.8 Å². The summed E-state index contributed by atoms with van der Waals surface area (Å²) < 4.78 is 91.8. The molecule has 1 N–H and O–H groups in total. The lowest BCUT2D eigenvalue weighted by atomic mass is 9.83.